The minimum atomic E-state index is -0.253. The van der Waals surface area contributed by atoms with Gasteiger partial charge in [-0.05, 0) is 23.9 Å². The van der Waals surface area contributed by atoms with E-state index in [2.05, 4.69) is 24.8 Å². The Labute approximate surface area is 128 Å². The maximum Gasteiger partial charge on any atom is 0.231 e. The van der Waals surface area contributed by atoms with Gasteiger partial charge < -0.3 is 19.6 Å². The van der Waals surface area contributed by atoms with Gasteiger partial charge in [-0.15, -0.1) is 0 Å². The van der Waals surface area contributed by atoms with Crippen molar-refractivity contribution in [2.45, 2.75) is 19.4 Å². The van der Waals surface area contributed by atoms with E-state index in [4.69, 9.17) is 16.3 Å². The molecule has 8 heteroatoms. The summed E-state index contributed by atoms with van der Waals surface area (Å²) in [6.07, 6.45) is 0.467. The van der Waals surface area contributed by atoms with E-state index in [0.717, 1.165) is 32.6 Å². The normalized spacial score (nSPS) is 27.0. The van der Waals surface area contributed by atoms with Crippen molar-refractivity contribution in [1.82, 2.24) is 15.0 Å². The van der Waals surface area contributed by atoms with Gasteiger partial charge in [-0.3, -0.25) is 0 Å². The quantitative estimate of drug-likeness (QED) is 0.855. The molecule has 2 unspecified atom stereocenters. The molecule has 21 heavy (non-hydrogen) atoms. The molecule has 1 N–H and O–H groups in total. The molecule has 0 aliphatic carbocycles. The molecule has 0 bridgehead atoms. The summed E-state index contributed by atoms with van der Waals surface area (Å²) >= 11 is 6.06. The maximum atomic E-state index is 9.83. The van der Waals surface area contributed by atoms with Crippen LogP contribution in [0.25, 0.3) is 0 Å². The highest BCUT2D eigenvalue weighted by atomic mass is 35.5. The third-order valence-corrected chi connectivity index (χ3v) is 4.19. The van der Waals surface area contributed by atoms with Crippen LogP contribution in [0.15, 0.2) is 0 Å². The number of aliphatic hydroxyl groups is 1. The van der Waals surface area contributed by atoms with Crippen molar-refractivity contribution in [3.8, 4) is 0 Å². The fraction of sp³-hybridized carbons (Fsp3) is 0.769. The van der Waals surface area contributed by atoms with Crippen molar-refractivity contribution in [3.63, 3.8) is 0 Å². The van der Waals surface area contributed by atoms with Crippen LogP contribution in [0, 0.1) is 5.92 Å². The van der Waals surface area contributed by atoms with Crippen molar-refractivity contribution in [3.05, 3.63) is 5.28 Å². The van der Waals surface area contributed by atoms with Crippen molar-refractivity contribution in [1.29, 1.82) is 0 Å². The zero-order valence-corrected chi connectivity index (χ0v) is 12.8. The second-order valence-corrected chi connectivity index (χ2v) is 5.92. The number of hydrogen-bond acceptors (Lipinski definition) is 7. The Morgan fingerprint density at radius 2 is 1.76 bits per heavy atom. The van der Waals surface area contributed by atoms with Gasteiger partial charge in [0.15, 0.2) is 0 Å². The lowest BCUT2D eigenvalue weighted by molar-refractivity contribution is 0.0966. The number of morpholine rings is 1. The van der Waals surface area contributed by atoms with Gasteiger partial charge in [0.25, 0.3) is 0 Å². The van der Waals surface area contributed by atoms with Gasteiger partial charge in [0.2, 0.25) is 17.2 Å². The lowest BCUT2D eigenvalue weighted by atomic mass is 9.97. The van der Waals surface area contributed by atoms with Crippen molar-refractivity contribution < 1.29 is 9.84 Å². The Kier molecular flexibility index (Phi) is 4.42. The molecule has 0 aromatic carbocycles. The smallest absolute Gasteiger partial charge is 0.231 e. The Morgan fingerprint density at radius 3 is 2.43 bits per heavy atom. The van der Waals surface area contributed by atoms with Gasteiger partial charge in [0.05, 0.1) is 19.3 Å². The first kappa shape index (κ1) is 14.7. The first-order chi connectivity index (χ1) is 10.1. The van der Waals surface area contributed by atoms with Crippen LogP contribution in [0.4, 0.5) is 11.9 Å². The Hall–Kier alpha value is -1.18. The molecular formula is C13H20ClN5O2. The van der Waals surface area contributed by atoms with Crippen molar-refractivity contribution in [2.75, 3.05) is 49.2 Å². The summed E-state index contributed by atoms with van der Waals surface area (Å²) in [5, 5.41) is 10.0. The molecule has 0 amide bonds. The van der Waals surface area contributed by atoms with E-state index in [0.29, 0.717) is 25.1 Å². The Bertz CT molecular complexity index is 497. The standard InChI is InChI=1S/C13H20ClN5O2/c1-9-8-19(3-2-10(9)20)13-16-11(14)15-12(17-13)18-4-6-21-7-5-18/h9-10,20H,2-8H2,1H3. The molecule has 116 valence electrons. The second kappa shape index (κ2) is 6.29. The van der Waals surface area contributed by atoms with Gasteiger partial charge in [-0.25, -0.2) is 0 Å². The van der Waals surface area contributed by atoms with Crippen LogP contribution in [-0.2, 0) is 4.74 Å². The minimum Gasteiger partial charge on any atom is -0.393 e. The van der Waals surface area contributed by atoms with E-state index in [1.165, 1.54) is 0 Å². The summed E-state index contributed by atoms with van der Waals surface area (Å²) < 4.78 is 5.34. The van der Waals surface area contributed by atoms with Gasteiger partial charge in [-0.2, -0.15) is 15.0 Å². The molecule has 0 spiro atoms. The van der Waals surface area contributed by atoms with Crippen molar-refractivity contribution in [2.24, 2.45) is 5.92 Å². The minimum absolute atomic E-state index is 0.195. The number of halogens is 1. The zero-order valence-electron chi connectivity index (χ0n) is 12.1. The van der Waals surface area contributed by atoms with E-state index in [1.54, 1.807) is 0 Å². The molecule has 3 rings (SSSR count). The average Bonchev–Trinajstić information content (AvgIpc) is 2.50. The SMILES string of the molecule is CC1CN(c2nc(Cl)nc(N3CCOCC3)n2)CCC1O. The topological polar surface area (TPSA) is 74.6 Å². The Morgan fingerprint density at radius 1 is 1.10 bits per heavy atom. The number of aliphatic hydroxyl groups excluding tert-OH is 1. The highest BCUT2D eigenvalue weighted by Crippen LogP contribution is 2.23. The highest BCUT2D eigenvalue weighted by molar-refractivity contribution is 6.28. The number of ether oxygens (including phenoxy) is 1. The monoisotopic (exact) mass is 313 g/mol. The Balaban J connectivity index is 1.80. The highest BCUT2D eigenvalue weighted by Gasteiger charge is 2.27. The van der Waals surface area contributed by atoms with E-state index in [-0.39, 0.29) is 17.3 Å². The van der Waals surface area contributed by atoms with Crippen LogP contribution in [0.5, 0.6) is 0 Å². The van der Waals surface area contributed by atoms with E-state index in [1.807, 2.05) is 6.92 Å². The molecule has 3 heterocycles. The molecule has 2 saturated heterocycles. The molecule has 0 radical (unpaired) electrons. The number of piperidine rings is 1. The summed E-state index contributed by atoms with van der Waals surface area (Å²) in [5.74, 6) is 1.39. The van der Waals surface area contributed by atoms with Crippen LogP contribution in [0.2, 0.25) is 5.28 Å². The number of rotatable bonds is 2. The average molecular weight is 314 g/mol. The lowest BCUT2D eigenvalue weighted by Gasteiger charge is -2.35. The van der Waals surface area contributed by atoms with Crippen molar-refractivity contribution >= 4 is 23.5 Å². The third kappa shape index (κ3) is 3.36. The molecule has 1 aromatic rings. The molecule has 2 aliphatic heterocycles. The van der Waals surface area contributed by atoms with E-state index >= 15 is 0 Å². The van der Waals surface area contributed by atoms with Crippen LogP contribution in [-0.4, -0.2) is 65.6 Å². The van der Waals surface area contributed by atoms with Crippen LogP contribution < -0.4 is 9.80 Å². The number of hydrogen-bond donors (Lipinski definition) is 1. The number of anilines is 2. The first-order valence-electron chi connectivity index (χ1n) is 7.31. The van der Waals surface area contributed by atoms with Crippen LogP contribution in [0.1, 0.15) is 13.3 Å². The molecule has 2 fully saturated rings. The largest absolute Gasteiger partial charge is 0.393 e. The summed E-state index contributed by atoms with van der Waals surface area (Å²) in [4.78, 5) is 17.1. The van der Waals surface area contributed by atoms with Gasteiger partial charge in [0.1, 0.15) is 0 Å². The summed E-state index contributed by atoms with van der Waals surface area (Å²) in [6.45, 7) is 6.35. The number of aromatic nitrogens is 3. The summed E-state index contributed by atoms with van der Waals surface area (Å²) in [6, 6.07) is 0. The molecule has 0 saturated carbocycles. The van der Waals surface area contributed by atoms with Gasteiger partial charge in [-0.1, -0.05) is 6.92 Å². The van der Waals surface area contributed by atoms with E-state index < -0.39 is 0 Å². The number of nitrogens with zero attached hydrogens (tertiary/aromatic N) is 5. The van der Waals surface area contributed by atoms with E-state index in [9.17, 15) is 5.11 Å². The maximum absolute atomic E-state index is 9.83. The molecule has 2 atom stereocenters. The van der Waals surface area contributed by atoms with Crippen LogP contribution >= 0.6 is 11.6 Å². The predicted octanol–water partition coefficient (Wildman–Crippen LogP) is 0.569. The molecule has 1 aromatic heterocycles. The van der Waals surface area contributed by atoms with Gasteiger partial charge >= 0.3 is 0 Å². The summed E-state index contributed by atoms with van der Waals surface area (Å²) in [7, 11) is 0. The lowest BCUT2D eigenvalue weighted by Crippen LogP contribution is -2.43. The van der Waals surface area contributed by atoms with Gasteiger partial charge in [0, 0.05) is 26.2 Å². The van der Waals surface area contributed by atoms with Crippen LogP contribution in [0.3, 0.4) is 0 Å². The fourth-order valence-electron chi connectivity index (χ4n) is 2.69. The molecule has 2 aliphatic rings. The predicted molar refractivity (Wildman–Crippen MR) is 79.9 cm³/mol. The third-order valence-electron chi connectivity index (χ3n) is 4.02. The second-order valence-electron chi connectivity index (χ2n) is 5.58. The molecule has 7 nitrogen and oxygen atoms in total. The first-order valence-corrected chi connectivity index (χ1v) is 7.68. The molecular weight excluding hydrogens is 294 g/mol. The fourth-order valence-corrected chi connectivity index (χ4v) is 2.84. The zero-order chi connectivity index (χ0) is 14.8. The summed E-state index contributed by atoms with van der Waals surface area (Å²) in [5.41, 5.74) is 0.